The summed E-state index contributed by atoms with van der Waals surface area (Å²) in [6, 6.07) is 6.01. The summed E-state index contributed by atoms with van der Waals surface area (Å²) in [5.41, 5.74) is 1.19. The number of nitrogens with zero attached hydrogens (tertiary/aromatic N) is 3. The van der Waals surface area contributed by atoms with Gasteiger partial charge in [-0.15, -0.1) is 0 Å². The standard InChI is InChI=1S/C29H31F5N6O4/c1-44-16-21(40-15-22(29(32,33)34)37-27(40)43)20-7-10-36-23(13-20)38-26(42)25(19-5-8-28(30,31)9-6-19)39-24(41)12-17-3-2-4-18(11-17)14-35/h2-4,7,10-11,13,19,21-22,25H,5-6,8-9,12,15-16H2,1H3,(H,37,43)(H,39,41)(H,36,38,42)/t21-,22+,25+/m1/s1. The summed E-state index contributed by atoms with van der Waals surface area (Å²) in [5.74, 6) is -4.79. The lowest BCUT2D eigenvalue weighted by Gasteiger charge is -2.33. The Hall–Kier alpha value is -4.32. The number of methoxy groups -OCH3 is 1. The second-order valence-corrected chi connectivity index (χ2v) is 10.9. The van der Waals surface area contributed by atoms with Crippen molar-refractivity contribution < 1.29 is 41.1 Å². The Labute approximate surface area is 249 Å². The van der Waals surface area contributed by atoms with Crippen LogP contribution in [-0.4, -0.2) is 72.2 Å². The van der Waals surface area contributed by atoms with E-state index in [0.717, 1.165) is 4.90 Å². The Kier molecular flexibility index (Phi) is 10.0. The van der Waals surface area contributed by atoms with Crippen LogP contribution in [-0.2, 0) is 20.7 Å². The van der Waals surface area contributed by atoms with Gasteiger partial charge in [-0.1, -0.05) is 12.1 Å². The Morgan fingerprint density at radius 1 is 1.23 bits per heavy atom. The van der Waals surface area contributed by atoms with Gasteiger partial charge in [-0.3, -0.25) is 9.59 Å². The first kappa shape index (κ1) is 32.6. The van der Waals surface area contributed by atoms with E-state index < -0.39 is 73.4 Å². The molecule has 3 atom stereocenters. The number of pyridine rings is 1. The molecule has 1 aliphatic carbocycles. The third kappa shape index (κ3) is 8.19. The molecule has 2 aliphatic rings. The molecule has 15 heteroatoms. The number of carbonyl (C=O) groups is 3. The summed E-state index contributed by atoms with van der Waals surface area (Å²) in [6.07, 6.45) is -4.48. The van der Waals surface area contributed by atoms with Crippen LogP contribution in [0.25, 0.3) is 0 Å². The second-order valence-electron chi connectivity index (χ2n) is 10.9. The number of anilines is 1. The van der Waals surface area contributed by atoms with Crippen LogP contribution in [0.15, 0.2) is 42.6 Å². The van der Waals surface area contributed by atoms with Crippen molar-refractivity contribution >= 4 is 23.7 Å². The van der Waals surface area contributed by atoms with Gasteiger partial charge in [0, 0.05) is 26.1 Å². The van der Waals surface area contributed by atoms with Crippen LogP contribution in [0.1, 0.15) is 48.4 Å². The van der Waals surface area contributed by atoms with Gasteiger partial charge in [0.25, 0.3) is 0 Å². The number of halogens is 5. The molecule has 1 aliphatic heterocycles. The highest BCUT2D eigenvalue weighted by Crippen LogP contribution is 2.38. The zero-order valence-electron chi connectivity index (χ0n) is 23.7. The average Bonchev–Trinajstić information content (AvgIpc) is 3.37. The number of rotatable bonds is 10. The molecule has 2 aromatic rings. The maximum absolute atomic E-state index is 13.9. The van der Waals surface area contributed by atoms with Crippen molar-refractivity contribution in [2.75, 3.05) is 25.6 Å². The normalized spacial score (nSPS) is 19.9. The van der Waals surface area contributed by atoms with Crippen LogP contribution in [0.5, 0.6) is 0 Å². The van der Waals surface area contributed by atoms with E-state index in [-0.39, 0.29) is 31.7 Å². The fourth-order valence-corrected chi connectivity index (χ4v) is 5.42. The number of hydrogen-bond acceptors (Lipinski definition) is 6. The van der Waals surface area contributed by atoms with Gasteiger partial charge in [0.15, 0.2) is 0 Å². The number of nitrogens with one attached hydrogen (secondary N) is 3. The molecule has 10 nitrogen and oxygen atoms in total. The smallest absolute Gasteiger partial charge is 0.382 e. The molecule has 4 rings (SSSR count). The molecule has 0 bridgehead atoms. The fraction of sp³-hybridized carbons (Fsp3) is 0.483. The van der Waals surface area contributed by atoms with Crippen molar-refractivity contribution in [2.45, 2.75) is 62.3 Å². The van der Waals surface area contributed by atoms with E-state index in [1.54, 1.807) is 18.2 Å². The van der Waals surface area contributed by atoms with Crippen LogP contribution in [0.2, 0.25) is 0 Å². The largest absolute Gasteiger partial charge is 0.410 e. The van der Waals surface area contributed by atoms with E-state index in [1.165, 1.54) is 31.5 Å². The molecule has 44 heavy (non-hydrogen) atoms. The van der Waals surface area contributed by atoms with Crippen LogP contribution in [0, 0.1) is 17.2 Å². The third-order valence-electron chi connectivity index (χ3n) is 7.71. The molecular weight excluding hydrogens is 591 g/mol. The Morgan fingerprint density at radius 2 is 1.95 bits per heavy atom. The van der Waals surface area contributed by atoms with Crippen molar-refractivity contribution in [3.8, 4) is 6.07 Å². The van der Waals surface area contributed by atoms with Crippen molar-refractivity contribution in [1.29, 1.82) is 5.26 Å². The van der Waals surface area contributed by atoms with Crippen molar-refractivity contribution in [3.05, 3.63) is 59.3 Å². The molecule has 1 aromatic heterocycles. The molecule has 0 spiro atoms. The zero-order chi connectivity index (χ0) is 32.1. The Balaban J connectivity index is 1.52. The number of hydrogen-bond donors (Lipinski definition) is 3. The van der Waals surface area contributed by atoms with E-state index in [1.807, 2.05) is 11.4 Å². The van der Waals surface area contributed by atoms with Crippen LogP contribution in [0.4, 0.5) is 32.6 Å². The second kappa shape index (κ2) is 13.5. The molecule has 1 saturated heterocycles. The number of benzene rings is 1. The quantitative estimate of drug-likeness (QED) is 0.342. The monoisotopic (exact) mass is 622 g/mol. The minimum atomic E-state index is -4.65. The molecule has 1 aromatic carbocycles. The first-order valence-corrected chi connectivity index (χ1v) is 13.9. The van der Waals surface area contributed by atoms with Gasteiger partial charge in [0.2, 0.25) is 17.7 Å². The zero-order valence-corrected chi connectivity index (χ0v) is 23.7. The molecule has 236 valence electrons. The minimum Gasteiger partial charge on any atom is -0.382 e. The summed E-state index contributed by atoms with van der Waals surface area (Å²) in [4.78, 5) is 44.0. The first-order chi connectivity index (χ1) is 20.8. The van der Waals surface area contributed by atoms with Crippen LogP contribution < -0.4 is 16.0 Å². The molecule has 1 saturated carbocycles. The van der Waals surface area contributed by atoms with Gasteiger partial charge in [0.05, 0.1) is 37.2 Å². The van der Waals surface area contributed by atoms with Gasteiger partial charge < -0.3 is 25.6 Å². The number of alkyl halides is 5. The van der Waals surface area contributed by atoms with Crippen molar-refractivity contribution in [2.24, 2.45) is 5.92 Å². The maximum atomic E-state index is 13.9. The van der Waals surface area contributed by atoms with Gasteiger partial charge in [0.1, 0.15) is 17.9 Å². The van der Waals surface area contributed by atoms with Gasteiger partial charge >= 0.3 is 12.2 Å². The van der Waals surface area contributed by atoms with E-state index >= 15 is 0 Å². The maximum Gasteiger partial charge on any atom is 0.410 e. The summed E-state index contributed by atoms with van der Waals surface area (Å²) >= 11 is 0. The highest BCUT2D eigenvalue weighted by atomic mass is 19.4. The average molecular weight is 623 g/mol. The third-order valence-corrected chi connectivity index (χ3v) is 7.71. The van der Waals surface area contributed by atoms with Crippen molar-refractivity contribution in [1.82, 2.24) is 20.5 Å². The van der Waals surface area contributed by atoms with Gasteiger partial charge in [-0.25, -0.2) is 18.6 Å². The summed E-state index contributed by atoms with van der Waals surface area (Å²) in [5, 5.41) is 16.3. The lowest BCUT2D eigenvalue weighted by Crippen LogP contribution is -2.50. The number of urea groups is 1. The molecule has 3 N–H and O–H groups in total. The Bertz CT molecular complexity index is 1410. The summed E-state index contributed by atoms with van der Waals surface area (Å²) < 4.78 is 72.8. The SMILES string of the molecule is COC[C@H](c1ccnc(NC(=O)[C@@H](NC(=O)Cc2cccc(C#N)c2)C2CCC(F)(F)CC2)c1)N1C[C@@H](C(F)(F)F)NC1=O. The Morgan fingerprint density at radius 3 is 2.59 bits per heavy atom. The molecule has 0 radical (unpaired) electrons. The number of nitriles is 1. The summed E-state index contributed by atoms with van der Waals surface area (Å²) in [7, 11) is 1.32. The lowest BCUT2D eigenvalue weighted by molar-refractivity contribution is -0.150. The number of amides is 4. The summed E-state index contributed by atoms with van der Waals surface area (Å²) in [6.45, 7) is -0.810. The van der Waals surface area contributed by atoms with Crippen LogP contribution >= 0.6 is 0 Å². The minimum absolute atomic E-state index is 0.0247. The highest BCUT2D eigenvalue weighted by molar-refractivity contribution is 5.97. The lowest BCUT2D eigenvalue weighted by atomic mass is 9.81. The molecular formula is C29H31F5N6O4. The topological polar surface area (TPSA) is 136 Å². The van der Waals surface area contributed by atoms with Gasteiger partial charge in [-0.05, 0) is 54.2 Å². The van der Waals surface area contributed by atoms with Gasteiger partial charge in [-0.2, -0.15) is 18.4 Å². The number of ether oxygens (including phenoxy) is 1. The molecule has 0 unspecified atom stereocenters. The van der Waals surface area contributed by atoms with Crippen LogP contribution in [0.3, 0.4) is 0 Å². The van der Waals surface area contributed by atoms with Crippen molar-refractivity contribution in [3.63, 3.8) is 0 Å². The predicted octanol–water partition coefficient (Wildman–Crippen LogP) is 4.09. The number of carbonyl (C=O) groups excluding carboxylic acids is 3. The molecule has 2 heterocycles. The highest BCUT2D eigenvalue weighted by Gasteiger charge is 2.48. The predicted molar refractivity (Wildman–Crippen MR) is 146 cm³/mol. The fourth-order valence-electron chi connectivity index (χ4n) is 5.42. The van der Waals surface area contributed by atoms with E-state index in [0.29, 0.717) is 16.7 Å². The first-order valence-electron chi connectivity index (χ1n) is 13.9. The molecule has 4 amide bonds. The van der Waals surface area contributed by atoms with E-state index in [2.05, 4.69) is 15.6 Å². The van der Waals surface area contributed by atoms with E-state index in [9.17, 15) is 36.3 Å². The van der Waals surface area contributed by atoms with E-state index in [4.69, 9.17) is 10.00 Å². The molecule has 2 fully saturated rings. The number of aromatic nitrogens is 1.